The third kappa shape index (κ3) is 2.55. The molecule has 0 saturated carbocycles. The Labute approximate surface area is 73.8 Å². The van der Waals surface area contributed by atoms with Gasteiger partial charge in [-0.25, -0.2) is 0 Å². The van der Waals surface area contributed by atoms with Crippen LogP contribution in [0.15, 0.2) is 24.3 Å². The largest absolute Gasteiger partial charge is 0.384 e. The van der Waals surface area contributed by atoms with Crippen LogP contribution in [0.5, 0.6) is 0 Å². The molecule has 0 aliphatic heterocycles. The number of nitrogens with one attached hydrogen (secondary N) is 1. The van der Waals surface area contributed by atoms with Crippen molar-refractivity contribution in [1.82, 2.24) is 0 Å². The minimum atomic E-state index is 0.676. The highest BCUT2D eigenvalue weighted by atomic mass is 14.9. The number of nitrogens with two attached hydrogens (primary N) is 1. The van der Waals surface area contributed by atoms with E-state index in [2.05, 4.69) is 36.5 Å². The van der Waals surface area contributed by atoms with Gasteiger partial charge in [-0.15, -0.1) is 0 Å². The topological polar surface area (TPSA) is 38.0 Å². The van der Waals surface area contributed by atoms with Gasteiger partial charge >= 0.3 is 0 Å². The van der Waals surface area contributed by atoms with Gasteiger partial charge in [0.25, 0.3) is 0 Å². The summed E-state index contributed by atoms with van der Waals surface area (Å²) in [5.74, 6) is 0. The van der Waals surface area contributed by atoms with Gasteiger partial charge in [-0.1, -0.05) is 19.1 Å². The van der Waals surface area contributed by atoms with Crippen molar-refractivity contribution in [3.8, 4) is 0 Å². The van der Waals surface area contributed by atoms with Crippen LogP contribution in [0.25, 0.3) is 0 Å². The SMILES string of the molecule is CCc1ccc(NCCN)cc1. The van der Waals surface area contributed by atoms with E-state index < -0.39 is 0 Å². The predicted octanol–water partition coefficient (Wildman–Crippen LogP) is 1.62. The third-order valence-corrected chi connectivity index (χ3v) is 1.84. The van der Waals surface area contributed by atoms with Crippen LogP contribution in [0, 0.1) is 0 Å². The van der Waals surface area contributed by atoms with Crippen LogP contribution in [0.4, 0.5) is 5.69 Å². The molecule has 66 valence electrons. The maximum Gasteiger partial charge on any atom is 0.0340 e. The average molecular weight is 164 g/mol. The molecule has 0 saturated heterocycles. The molecule has 1 rings (SSSR count). The third-order valence-electron chi connectivity index (χ3n) is 1.84. The fraction of sp³-hybridized carbons (Fsp3) is 0.400. The van der Waals surface area contributed by atoms with E-state index in [4.69, 9.17) is 5.73 Å². The summed E-state index contributed by atoms with van der Waals surface area (Å²) < 4.78 is 0. The Morgan fingerprint density at radius 2 is 1.92 bits per heavy atom. The number of anilines is 1. The summed E-state index contributed by atoms with van der Waals surface area (Å²) in [7, 11) is 0. The van der Waals surface area contributed by atoms with Crippen LogP contribution in [0.3, 0.4) is 0 Å². The van der Waals surface area contributed by atoms with E-state index in [0.717, 1.165) is 18.7 Å². The molecule has 0 amide bonds. The van der Waals surface area contributed by atoms with Crippen LogP contribution >= 0.6 is 0 Å². The molecule has 1 aromatic rings. The Morgan fingerprint density at radius 1 is 1.25 bits per heavy atom. The summed E-state index contributed by atoms with van der Waals surface area (Å²) in [5.41, 5.74) is 7.89. The lowest BCUT2D eigenvalue weighted by atomic mass is 10.1. The number of hydrogen-bond acceptors (Lipinski definition) is 2. The molecule has 0 radical (unpaired) electrons. The van der Waals surface area contributed by atoms with Crippen molar-refractivity contribution in [2.24, 2.45) is 5.73 Å². The van der Waals surface area contributed by atoms with Crippen LogP contribution in [0.1, 0.15) is 12.5 Å². The molecule has 2 heteroatoms. The first-order chi connectivity index (χ1) is 5.86. The minimum Gasteiger partial charge on any atom is -0.384 e. The monoisotopic (exact) mass is 164 g/mol. The second kappa shape index (κ2) is 4.78. The van der Waals surface area contributed by atoms with E-state index >= 15 is 0 Å². The summed E-state index contributed by atoms with van der Waals surface area (Å²) in [6.07, 6.45) is 1.09. The Bertz CT molecular complexity index is 216. The van der Waals surface area contributed by atoms with Crippen molar-refractivity contribution in [1.29, 1.82) is 0 Å². The van der Waals surface area contributed by atoms with E-state index in [1.54, 1.807) is 0 Å². The Kier molecular flexibility index (Phi) is 3.61. The fourth-order valence-corrected chi connectivity index (χ4v) is 1.07. The van der Waals surface area contributed by atoms with E-state index in [1.807, 2.05) is 0 Å². The molecule has 0 atom stereocenters. The highest BCUT2D eigenvalue weighted by molar-refractivity contribution is 5.44. The van der Waals surface area contributed by atoms with Gasteiger partial charge in [0.1, 0.15) is 0 Å². The van der Waals surface area contributed by atoms with Gasteiger partial charge in [0, 0.05) is 18.8 Å². The standard InChI is InChI=1S/C10H16N2/c1-2-9-3-5-10(6-4-9)12-8-7-11/h3-6,12H,2,7-8,11H2,1H3. The Hall–Kier alpha value is -1.02. The predicted molar refractivity (Wildman–Crippen MR) is 53.4 cm³/mol. The van der Waals surface area contributed by atoms with Crippen LogP contribution in [-0.4, -0.2) is 13.1 Å². The Balaban J connectivity index is 2.53. The lowest BCUT2D eigenvalue weighted by molar-refractivity contribution is 1.02. The van der Waals surface area contributed by atoms with Gasteiger partial charge in [0.05, 0.1) is 0 Å². The number of aryl methyl sites for hydroxylation is 1. The molecule has 12 heavy (non-hydrogen) atoms. The second-order valence-corrected chi connectivity index (χ2v) is 2.77. The molecule has 0 aliphatic carbocycles. The van der Waals surface area contributed by atoms with E-state index in [9.17, 15) is 0 Å². The van der Waals surface area contributed by atoms with Crippen molar-refractivity contribution in [2.45, 2.75) is 13.3 Å². The molecule has 2 nitrogen and oxygen atoms in total. The van der Waals surface area contributed by atoms with E-state index in [1.165, 1.54) is 5.56 Å². The van der Waals surface area contributed by atoms with Gasteiger partial charge in [-0.3, -0.25) is 0 Å². The molecule has 3 N–H and O–H groups in total. The summed E-state index contributed by atoms with van der Waals surface area (Å²) >= 11 is 0. The van der Waals surface area contributed by atoms with Gasteiger partial charge in [0.15, 0.2) is 0 Å². The average Bonchev–Trinajstić information content (AvgIpc) is 2.15. The molecular weight excluding hydrogens is 148 g/mol. The molecule has 0 aliphatic rings. The molecule has 0 aromatic heterocycles. The highest BCUT2D eigenvalue weighted by Gasteiger charge is 1.90. The fourth-order valence-electron chi connectivity index (χ4n) is 1.07. The van der Waals surface area contributed by atoms with E-state index in [0.29, 0.717) is 6.54 Å². The molecule has 0 unspecified atom stereocenters. The first-order valence-corrected chi connectivity index (χ1v) is 4.39. The minimum absolute atomic E-state index is 0.676. The zero-order chi connectivity index (χ0) is 8.81. The van der Waals surface area contributed by atoms with Crippen LogP contribution in [-0.2, 0) is 6.42 Å². The van der Waals surface area contributed by atoms with Crippen molar-refractivity contribution in [2.75, 3.05) is 18.4 Å². The molecule has 0 spiro atoms. The van der Waals surface area contributed by atoms with Crippen molar-refractivity contribution >= 4 is 5.69 Å². The summed E-state index contributed by atoms with van der Waals surface area (Å²) in [6, 6.07) is 8.46. The van der Waals surface area contributed by atoms with E-state index in [-0.39, 0.29) is 0 Å². The van der Waals surface area contributed by atoms with Gasteiger partial charge in [-0.2, -0.15) is 0 Å². The summed E-state index contributed by atoms with van der Waals surface area (Å²) in [5, 5.41) is 3.22. The lowest BCUT2D eigenvalue weighted by Gasteiger charge is -2.04. The lowest BCUT2D eigenvalue weighted by Crippen LogP contribution is -2.12. The zero-order valence-electron chi connectivity index (χ0n) is 7.51. The molecule has 0 heterocycles. The first kappa shape index (κ1) is 9.07. The zero-order valence-corrected chi connectivity index (χ0v) is 7.51. The second-order valence-electron chi connectivity index (χ2n) is 2.77. The smallest absolute Gasteiger partial charge is 0.0340 e. The van der Waals surface area contributed by atoms with Crippen LogP contribution < -0.4 is 11.1 Å². The molecular formula is C10H16N2. The Morgan fingerprint density at radius 3 is 2.42 bits per heavy atom. The maximum atomic E-state index is 5.37. The van der Waals surface area contributed by atoms with Crippen LogP contribution in [0.2, 0.25) is 0 Å². The van der Waals surface area contributed by atoms with Crippen molar-refractivity contribution in [3.05, 3.63) is 29.8 Å². The van der Waals surface area contributed by atoms with Gasteiger partial charge in [0.2, 0.25) is 0 Å². The van der Waals surface area contributed by atoms with Crippen molar-refractivity contribution < 1.29 is 0 Å². The summed E-state index contributed by atoms with van der Waals surface area (Å²) in [6.45, 7) is 3.67. The number of hydrogen-bond donors (Lipinski definition) is 2. The quantitative estimate of drug-likeness (QED) is 0.709. The normalized spacial score (nSPS) is 9.83. The van der Waals surface area contributed by atoms with Gasteiger partial charge < -0.3 is 11.1 Å². The van der Waals surface area contributed by atoms with Crippen molar-refractivity contribution in [3.63, 3.8) is 0 Å². The highest BCUT2D eigenvalue weighted by Crippen LogP contribution is 2.08. The number of rotatable bonds is 4. The molecule has 1 aromatic carbocycles. The number of benzene rings is 1. The molecule has 0 bridgehead atoms. The first-order valence-electron chi connectivity index (χ1n) is 4.39. The maximum absolute atomic E-state index is 5.37. The molecule has 0 fully saturated rings. The summed E-state index contributed by atoms with van der Waals surface area (Å²) in [4.78, 5) is 0. The van der Waals surface area contributed by atoms with Gasteiger partial charge in [-0.05, 0) is 24.1 Å².